The Bertz CT molecular complexity index is 495. The SMILES string of the molecule is Cc1oc(CNC2CC2)cc1CN1CCOC2CCCC21. The molecule has 3 fully saturated rings. The van der Waals surface area contributed by atoms with E-state index in [2.05, 4.69) is 23.2 Å². The number of nitrogens with one attached hydrogen (secondary N) is 1. The third-order valence-corrected chi connectivity index (χ3v) is 5.18. The van der Waals surface area contributed by atoms with Crippen molar-refractivity contribution in [2.24, 2.45) is 0 Å². The first-order chi connectivity index (χ1) is 10.3. The maximum atomic E-state index is 5.93. The molecule has 0 bridgehead atoms. The highest BCUT2D eigenvalue weighted by molar-refractivity contribution is 5.21. The summed E-state index contributed by atoms with van der Waals surface area (Å²) in [6.07, 6.45) is 6.96. The first-order valence-electron chi connectivity index (χ1n) is 8.47. The van der Waals surface area contributed by atoms with Crippen LogP contribution < -0.4 is 5.32 Å². The summed E-state index contributed by atoms with van der Waals surface area (Å²) in [7, 11) is 0. The van der Waals surface area contributed by atoms with Gasteiger partial charge in [0, 0.05) is 30.7 Å². The highest BCUT2D eigenvalue weighted by Gasteiger charge is 2.36. The van der Waals surface area contributed by atoms with Crippen LogP contribution in [0.4, 0.5) is 0 Å². The summed E-state index contributed by atoms with van der Waals surface area (Å²) in [5, 5.41) is 3.53. The Morgan fingerprint density at radius 2 is 2.19 bits per heavy atom. The van der Waals surface area contributed by atoms with Gasteiger partial charge in [-0.1, -0.05) is 0 Å². The lowest BCUT2D eigenvalue weighted by molar-refractivity contribution is -0.0589. The van der Waals surface area contributed by atoms with Crippen molar-refractivity contribution < 1.29 is 9.15 Å². The zero-order valence-electron chi connectivity index (χ0n) is 12.9. The first kappa shape index (κ1) is 13.8. The van der Waals surface area contributed by atoms with Gasteiger partial charge in [-0.25, -0.2) is 0 Å². The molecule has 0 radical (unpaired) electrons. The van der Waals surface area contributed by atoms with Crippen LogP contribution in [-0.4, -0.2) is 36.2 Å². The number of hydrogen-bond donors (Lipinski definition) is 1. The normalized spacial score (nSPS) is 29.8. The van der Waals surface area contributed by atoms with Crippen LogP contribution in [0.5, 0.6) is 0 Å². The minimum absolute atomic E-state index is 0.474. The van der Waals surface area contributed by atoms with Crippen LogP contribution in [0.25, 0.3) is 0 Å². The number of morpholine rings is 1. The lowest BCUT2D eigenvalue weighted by atomic mass is 10.1. The number of aryl methyl sites for hydroxylation is 1. The number of nitrogens with zero attached hydrogens (tertiary/aromatic N) is 1. The number of fused-ring (bicyclic) bond motifs is 1. The summed E-state index contributed by atoms with van der Waals surface area (Å²) in [4.78, 5) is 2.61. The minimum Gasteiger partial charge on any atom is -0.465 e. The van der Waals surface area contributed by atoms with Crippen LogP contribution in [0.15, 0.2) is 10.5 Å². The van der Waals surface area contributed by atoms with Crippen molar-refractivity contribution in [1.82, 2.24) is 10.2 Å². The fourth-order valence-corrected chi connectivity index (χ4v) is 3.78. The summed E-state index contributed by atoms with van der Waals surface area (Å²) >= 11 is 0. The van der Waals surface area contributed by atoms with E-state index in [9.17, 15) is 0 Å². The Balaban J connectivity index is 1.40. The molecule has 1 aromatic heterocycles. The average Bonchev–Trinajstić information content (AvgIpc) is 3.07. The molecule has 4 heteroatoms. The van der Waals surface area contributed by atoms with Crippen LogP contribution in [0.1, 0.15) is 49.2 Å². The molecule has 1 saturated heterocycles. The molecule has 2 aliphatic carbocycles. The van der Waals surface area contributed by atoms with Gasteiger partial charge in [0.25, 0.3) is 0 Å². The first-order valence-corrected chi connectivity index (χ1v) is 8.47. The Hall–Kier alpha value is -0.840. The minimum atomic E-state index is 0.474. The Labute approximate surface area is 126 Å². The molecule has 1 aromatic rings. The second-order valence-corrected chi connectivity index (χ2v) is 6.83. The lowest BCUT2D eigenvalue weighted by Crippen LogP contribution is -2.47. The molecule has 4 nitrogen and oxygen atoms in total. The molecule has 4 rings (SSSR count). The molecule has 0 spiro atoms. The summed E-state index contributed by atoms with van der Waals surface area (Å²) < 4.78 is 11.8. The topological polar surface area (TPSA) is 37.6 Å². The van der Waals surface area contributed by atoms with E-state index in [1.165, 1.54) is 37.7 Å². The summed E-state index contributed by atoms with van der Waals surface area (Å²) in [6.45, 7) is 5.93. The predicted molar refractivity (Wildman–Crippen MR) is 81.1 cm³/mol. The molecule has 3 aliphatic rings. The highest BCUT2D eigenvalue weighted by Crippen LogP contribution is 2.31. The average molecular weight is 290 g/mol. The standard InChI is InChI=1S/C17H26N2O2/c1-12-13(9-15(21-12)10-18-14-5-6-14)11-19-7-8-20-17-4-2-3-16(17)19/h9,14,16-18H,2-8,10-11H2,1H3. The second kappa shape index (κ2) is 5.75. The van der Waals surface area contributed by atoms with Crippen molar-refractivity contribution in [3.8, 4) is 0 Å². The summed E-state index contributed by atoms with van der Waals surface area (Å²) in [5.41, 5.74) is 1.36. The smallest absolute Gasteiger partial charge is 0.118 e. The van der Waals surface area contributed by atoms with Gasteiger partial charge in [0.2, 0.25) is 0 Å². The fraction of sp³-hybridized carbons (Fsp3) is 0.765. The lowest BCUT2D eigenvalue weighted by Gasteiger charge is -2.37. The van der Waals surface area contributed by atoms with Crippen LogP contribution in [0.3, 0.4) is 0 Å². The van der Waals surface area contributed by atoms with Gasteiger partial charge < -0.3 is 14.5 Å². The van der Waals surface area contributed by atoms with E-state index in [-0.39, 0.29) is 0 Å². The number of hydrogen-bond acceptors (Lipinski definition) is 4. The van der Waals surface area contributed by atoms with Crippen molar-refractivity contribution in [1.29, 1.82) is 0 Å². The number of rotatable bonds is 5. The summed E-state index contributed by atoms with van der Waals surface area (Å²) in [5.74, 6) is 2.18. The van der Waals surface area contributed by atoms with Gasteiger partial charge in [-0.3, -0.25) is 4.90 Å². The van der Waals surface area contributed by atoms with E-state index in [0.717, 1.165) is 43.8 Å². The molecule has 2 saturated carbocycles. The molecule has 0 amide bonds. The quantitative estimate of drug-likeness (QED) is 0.904. The zero-order valence-corrected chi connectivity index (χ0v) is 12.9. The molecular formula is C17H26N2O2. The molecule has 2 atom stereocenters. The van der Waals surface area contributed by atoms with Gasteiger partial charge in [-0.05, 0) is 45.1 Å². The van der Waals surface area contributed by atoms with Crippen molar-refractivity contribution in [2.45, 2.75) is 70.3 Å². The molecule has 21 heavy (non-hydrogen) atoms. The molecular weight excluding hydrogens is 264 g/mol. The van der Waals surface area contributed by atoms with Gasteiger partial charge in [0.1, 0.15) is 11.5 Å². The van der Waals surface area contributed by atoms with Crippen molar-refractivity contribution in [3.63, 3.8) is 0 Å². The molecule has 2 heterocycles. The van der Waals surface area contributed by atoms with E-state index in [1.807, 2.05) is 0 Å². The maximum absolute atomic E-state index is 5.93. The van der Waals surface area contributed by atoms with Gasteiger partial charge in [0.05, 0.1) is 19.3 Å². The maximum Gasteiger partial charge on any atom is 0.118 e. The third kappa shape index (κ3) is 3.03. The van der Waals surface area contributed by atoms with Crippen LogP contribution in [-0.2, 0) is 17.8 Å². The van der Waals surface area contributed by atoms with Crippen LogP contribution in [0.2, 0.25) is 0 Å². The van der Waals surface area contributed by atoms with Crippen LogP contribution >= 0.6 is 0 Å². The number of ether oxygens (including phenoxy) is 1. The Morgan fingerprint density at radius 1 is 1.29 bits per heavy atom. The van der Waals surface area contributed by atoms with E-state index in [0.29, 0.717) is 12.1 Å². The Kier molecular flexibility index (Phi) is 3.78. The largest absolute Gasteiger partial charge is 0.465 e. The Morgan fingerprint density at radius 3 is 3.05 bits per heavy atom. The van der Waals surface area contributed by atoms with Crippen molar-refractivity contribution >= 4 is 0 Å². The highest BCUT2D eigenvalue weighted by atomic mass is 16.5. The zero-order chi connectivity index (χ0) is 14.2. The second-order valence-electron chi connectivity index (χ2n) is 6.83. The number of furan rings is 1. The van der Waals surface area contributed by atoms with E-state index in [1.54, 1.807) is 0 Å². The van der Waals surface area contributed by atoms with Crippen molar-refractivity contribution in [3.05, 3.63) is 23.2 Å². The predicted octanol–water partition coefficient (Wildman–Crippen LogP) is 2.59. The van der Waals surface area contributed by atoms with Crippen LogP contribution in [0, 0.1) is 6.92 Å². The van der Waals surface area contributed by atoms with Gasteiger partial charge in [-0.2, -0.15) is 0 Å². The van der Waals surface area contributed by atoms with Gasteiger partial charge >= 0.3 is 0 Å². The molecule has 2 unspecified atom stereocenters. The summed E-state index contributed by atoms with van der Waals surface area (Å²) in [6, 6.07) is 3.61. The molecule has 0 aromatic carbocycles. The van der Waals surface area contributed by atoms with E-state index in [4.69, 9.17) is 9.15 Å². The molecule has 1 aliphatic heterocycles. The fourth-order valence-electron chi connectivity index (χ4n) is 3.78. The third-order valence-electron chi connectivity index (χ3n) is 5.18. The van der Waals surface area contributed by atoms with Crippen molar-refractivity contribution in [2.75, 3.05) is 13.2 Å². The molecule has 116 valence electrons. The monoisotopic (exact) mass is 290 g/mol. The van der Waals surface area contributed by atoms with E-state index < -0.39 is 0 Å². The molecule has 1 N–H and O–H groups in total. The van der Waals surface area contributed by atoms with Gasteiger partial charge in [0.15, 0.2) is 0 Å². The van der Waals surface area contributed by atoms with E-state index >= 15 is 0 Å². The van der Waals surface area contributed by atoms with Gasteiger partial charge in [-0.15, -0.1) is 0 Å².